The maximum atomic E-state index is 13.1. The van der Waals surface area contributed by atoms with E-state index in [1.807, 2.05) is 0 Å². The van der Waals surface area contributed by atoms with Crippen molar-refractivity contribution >= 4 is 11.6 Å². The maximum Gasteiger partial charge on any atom is 0.433 e. The van der Waals surface area contributed by atoms with Crippen molar-refractivity contribution in [2.75, 3.05) is 11.9 Å². The topological polar surface area (TPSA) is 63.9 Å². The van der Waals surface area contributed by atoms with Crippen LogP contribution in [0.3, 0.4) is 0 Å². The number of hydrogen-bond acceptors (Lipinski definition) is 4. The van der Waals surface area contributed by atoms with E-state index in [0.29, 0.717) is 6.20 Å². The smallest absolute Gasteiger partial charge is 0.310 e. The quantitative estimate of drug-likeness (QED) is 0.796. The molecule has 12 heteroatoms. The average molecular weight is 353 g/mol. The van der Waals surface area contributed by atoms with E-state index in [0.717, 1.165) is 18.1 Å². The molecular weight excluding hydrogens is 344 g/mol. The molecule has 0 saturated carbocycles. The van der Waals surface area contributed by atoms with Gasteiger partial charge in [-0.3, -0.25) is 9.48 Å². The highest BCUT2D eigenvalue weighted by Gasteiger charge is 2.43. The van der Waals surface area contributed by atoms with Crippen LogP contribution < -0.4 is 4.90 Å². The number of hydrogen-bond donors (Lipinski definition) is 0. The average Bonchev–Trinajstić information content (AvgIpc) is 2.88. The van der Waals surface area contributed by atoms with Gasteiger partial charge in [0.25, 0.3) is 5.91 Å². The van der Waals surface area contributed by atoms with Crippen LogP contribution in [0.15, 0.2) is 24.7 Å². The number of carbonyl (C=O) groups excluding carboxylic acids is 1. The highest BCUT2D eigenvalue weighted by molar-refractivity contribution is 6.06. The first-order valence-electron chi connectivity index (χ1n) is 6.25. The Kier molecular flexibility index (Phi) is 4.49. The van der Waals surface area contributed by atoms with Gasteiger partial charge in [0.15, 0.2) is 5.69 Å². The molecule has 0 aliphatic heterocycles. The normalized spacial score (nSPS) is 12.3. The van der Waals surface area contributed by atoms with Gasteiger partial charge in [-0.1, -0.05) is 0 Å². The third-order valence-electron chi connectivity index (χ3n) is 2.93. The summed E-state index contributed by atoms with van der Waals surface area (Å²) in [5.41, 5.74) is -2.64. The summed E-state index contributed by atoms with van der Waals surface area (Å²) in [6, 6.07) is 1.30. The molecule has 24 heavy (non-hydrogen) atoms. The van der Waals surface area contributed by atoms with Gasteiger partial charge in [0.1, 0.15) is 6.54 Å². The van der Waals surface area contributed by atoms with Crippen LogP contribution in [0.25, 0.3) is 0 Å². The molecule has 2 heterocycles. The van der Waals surface area contributed by atoms with E-state index in [2.05, 4.69) is 15.3 Å². The molecule has 2 rings (SSSR count). The SMILES string of the molecule is CN(C(=O)c1cnn(CC(F)(F)F)c1C(F)(F)F)c1ccnnc1. The molecule has 0 fully saturated rings. The Morgan fingerprint density at radius 2 is 1.83 bits per heavy atom. The lowest BCUT2D eigenvalue weighted by atomic mass is 10.2. The third kappa shape index (κ3) is 3.81. The lowest BCUT2D eigenvalue weighted by Crippen LogP contribution is -2.30. The monoisotopic (exact) mass is 353 g/mol. The lowest BCUT2D eigenvalue weighted by Gasteiger charge is -2.18. The molecule has 0 unspecified atom stereocenters. The summed E-state index contributed by atoms with van der Waals surface area (Å²) in [6.07, 6.45) is -7.33. The van der Waals surface area contributed by atoms with E-state index in [4.69, 9.17) is 0 Å². The Labute approximate surface area is 130 Å². The number of alkyl halides is 6. The van der Waals surface area contributed by atoms with E-state index < -0.39 is 36.1 Å². The van der Waals surface area contributed by atoms with E-state index in [-0.39, 0.29) is 10.4 Å². The molecule has 0 atom stereocenters. The molecule has 0 aromatic carbocycles. The Balaban J connectivity index is 2.45. The number of nitrogens with zero attached hydrogens (tertiary/aromatic N) is 5. The highest BCUT2D eigenvalue weighted by Crippen LogP contribution is 2.34. The van der Waals surface area contributed by atoms with Crippen LogP contribution in [0.2, 0.25) is 0 Å². The first-order chi connectivity index (χ1) is 11.0. The molecule has 0 spiro atoms. The Morgan fingerprint density at radius 3 is 2.33 bits per heavy atom. The first-order valence-corrected chi connectivity index (χ1v) is 6.25. The van der Waals surface area contributed by atoms with Gasteiger partial charge < -0.3 is 4.90 Å². The van der Waals surface area contributed by atoms with E-state index in [1.165, 1.54) is 12.3 Å². The number of rotatable bonds is 3. The van der Waals surface area contributed by atoms with Crippen LogP contribution in [0.1, 0.15) is 16.1 Å². The van der Waals surface area contributed by atoms with Gasteiger partial charge in [0.05, 0.1) is 29.8 Å². The summed E-state index contributed by atoms with van der Waals surface area (Å²) in [5, 5.41) is 9.99. The summed E-state index contributed by atoms with van der Waals surface area (Å²) in [5.74, 6) is -1.18. The predicted octanol–water partition coefficient (Wildman–Crippen LogP) is 2.53. The van der Waals surface area contributed by atoms with Gasteiger partial charge in [-0.25, -0.2) is 0 Å². The zero-order valence-corrected chi connectivity index (χ0v) is 11.9. The maximum absolute atomic E-state index is 13.1. The standard InChI is InChI=1S/C12H9F6N5O/c1-22(7-2-3-19-20-4-7)10(24)8-5-21-23(6-11(13,14)15)9(8)12(16,17)18/h2-5H,6H2,1H3. The summed E-state index contributed by atoms with van der Waals surface area (Å²) >= 11 is 0. The molecule has 1 amide bonds. The molecule has 0 aliphatic rings. The summed E-state index contributed by atoms with van der Waals surface area (Å²) in [4.78, 5) is 13.0. The number of amides is 1. The molecular formula is C12H9F6N5O. The molecule has 0 bridgehead atoms. The van der Waals surface area contributed by atoms with Crippen molar-refractivity contribution in [2.45, 2.75) is 18.9 Å². The van der Waals surface area contributed by atoms with Crippen molar-refractivity contribution in [3.05, 3.63) is 35.9 Å². The van der Waals surface area contributed by atoms with Gasteiger partial charge in [0.2, 0.25) is 0 Å². The van der Waals surface area contributed by atoms with Crippen molar-refractivity contribution in [3.8, 4) is 0 Å². The van der Waals surface area contributed by atoms with Crippen molar-refractivity contribution < 1.29 is 31.1 Å². The van der Waals surface area contributed by atoms with Crippen LogP contribution in [-0.4, -0.2) is 39.1 Å². The van der Waals surface area contributed by atoms with E-state index in [9.17, 15) is 31.1 Å². The molecule has 0 N–H and O–H groups in total. The molecule has 0 saturated heterocycles. The summed E-state index contributed by atoms with van der Waals surface area (Å²) in [6.45, 7) is -1.96. The Bertz CT molecular complexity index is 724. The first kappa shape index (κ1) is 17.7. The fourth-order valence-electron chi connectivity index (χ4n) is 1.91. The number of halogens is 6. The molecule has 2 aromatic rings. The number of carbonyl (C=O) groups is 1. The zero-order valence-electron chi connectivity index (χ0n) is 11.9. The van der Waals surface area contributed by atoms with E-state index >= 15 is 0 Å². The molecule has 130 valence electrons. The molecule has 0 aliphatic carbocycles. The van der Waals surface area contributed by atoms with E-state index in [1.54, 1.807) is 0 Å². The van der Waals surface area contributed by atoms with Crippen LogP contribution >= 0.6 is 0 Å². The minimum Gasteiger partial charge on any atom is -0.310 e. The minimum absolute atomic E-state index is 0.117. The second-order valence-electron chi connectivity index (χ2n) is 4.64. The fourth-order valence-corrected chi connectivity index (χ4v) is 1.91. The summed E-state index contributed by atoms with van der Waals surface area (Å²) in [7, 11) is 1.15. The van der Waals surface area contributed by atoms with Gasteiger partial charge in [-0.05, 0) is 6.07 Å². The van der Waals surface area contributed by atoms with Gasteiger partial charge in [0, 0.05) is 7.05 Å². The van der Waals surface area contributed by atoms with Crippen molar-refractivity contribution in [2.24, 2.45) is 0 Å². The van der Waals surface area contributed by atoms with Crippen molar-refractivity contribution in [3.63, 3.8) is 0 Å². The van der Waals surface area contributed by atoms with Crippen molar-refractivity contribution in [1.29, 1.82) is 0 Å². The van der Waals surface area contributed by atoms with Gasteiger partial charge >= 0.3 is 12.4 Å². The van der Waals surface area contributed by atoms with Crippen LogP contribution in [0.4, 0.5) is 32.0 Å². The lowest BCUT2D eigenvalue weighted by molar-refractivity contribution is -0.161. The van der Waals surface area contributed by atoms with Crippen LogP contribution in [0.5, 0.6) is 0 Å². The Hall–Kier alpha value is -2.66. The predicted molar refractivity (Wildman–Crippen MR) is 68.0 cm³/mol. The third-order valence-corrected chi connectivity index (χ3v) is 2.93. The summed E-state index contributed by atoms with van der Waals surface area (Å²) < 4.78 is 76.3. The largest absolute Gasteiger partial charge is 0.433 e. The van der Waals surface area contributed by atoms with Crippen LogP contribution in [0, 0.1) is 0 Å². The van der Waals surface area contributed by atoms with Gasteiger partial charge in [-0.15, -0.1) is 0 Å². The second kappa shape index (κ2) is 6.09. The molecule has 2 aromatic heterocycles. The highest BCUT2D eigenvalue weighted by atomic mass is 19.4. The zero-order chi connectivity index (χ0) is 18.1. The van der Waals surface area contributed by atoms with Gasteiger partial charge in [-0.2, -0.15) is 41.6 Å². The number of anilines is 1. The second-order valence-corrected chi connectivity index (χ2v) is 4.64. The van der Waals surface area contributed by atoms with Crippen molar-refractivity contribution in [1.82, 2.24) is 20.0 Å². The minimum atomic E-state index is -5.19. The molecule has 6 nitrogen and oxygen atoms in total. The fraction of sp³-hybridized carbons (Fsp3) is 0.333. The molecule has 0 radical (unpaired) electrons. The number of aromatic nitrogens is 4. The Morgan fingerprint density at radius 1 is 1.17 bits per heavy atom. The van der Waals surface area contributed by atoms with Crippen LogP contribution in [-0.2, 0) is 12.7 Å².